The first kappa shape index (κ1) is 17.3. The molecule has 0 heterocycles. The minimum atomic E-state index is 0.539. The minimum Gasteiger partial charge on any atom is -0.493 e. The van der Waals surface area contributed by atoms with E-state index in [2.05, 4.69) is 39.4 Å². The van der Waals surface area contributed by atoms with E-state index in [1.165, 1.54) is 31.2 Å². The molecule has 2 aromatic carbocycles. The van der Waals surface area contributed by atoms with E-state index >= 15 is 0 Å². The molecule has 4 heteroatoms. The quantitative estimate of drug-likeness (QED) is 0.773. The van der Waals surface area contributed by atoms with Crippen LogP contribution in [0, 0.1) is 0 Å². The van der Waals surface area contributed by atoms with Gasteiger partial charge in [-0.3, -0.25) is 0 Å². The molecule has 0 spiro atoms. The summed E-state index contributed by atoms with van der Waals surface area (Å²) in [5.74, 6) is 1.57. The standard InChI is InChI=1S/C20H24BrNO2/c1-23-19-11-16(13-22-17-9-5-6-10-17)18(21)12-20(19)24-14-15-7-3-2-4-8-15/h2-4,7-8,11-12,17,22H,5-6,9-10,13-14H2,1H3/p+1. The van der Waals surface area contributed by atoms with Crippen LogP contribution in [0.3, 0.4) is 0 Å². The lowest BCUT2D eigenvalue weighted by Gasteiger charge is -2.15. The highest BCUT2D eigenvalue weighted by molar-refractivity contribution is 9.10. The zero-order chi connectivity index (χ0) is 16.8. The topological polar surface area (TPSA) is 35.1 Å². The van der Waals surface area contributed by atoms with E-state index in [-0.39, 0.29) is 0 Å². The fourth-order valence-corrected chi connectivity index (χ4v) is 3.71. The van der Waals surface area contributed by atoms with Gasteiger partial charge in [-0.2, -0.15) is 0 Å². The molecule has 3 rings (SSSR count). The zero-order valence-corrected chi connectivity index (χ0v) is 15.7. The third-order valence-corrected chi connectivity index (χ3v) is 5.38. The second-order valence-corrected chi connectivity index (χ2v) is 7.21. The van der Waals surface area contributed by atoms with E-state index in [0.717, 1.165) is 34.1 Å². The Bertz CT molecular complexity index is 654. The van der Waals surface area contributed by atoms with E-state index < -0.39 is 0 Å². The monoisotopic (exact) mass is 390 g/mol. The molecule has 128 valence electrons. The molecule has 1 aliphatic carbocycles. The van der Waals surface area contributed by atoms with Crippen molar-refractivity contribution in [2.24, 2.45) is 0 Å². The van der Waals surface area contributed by atoms with Crippen LogP contribution >= 0.6 is 15.9 Å². The summed E-state index contributed by atoms with van der Waals surface area (Å²) < 4.78 is 12.6. The molecule has 2 N–H and O–H groups in total. The third-order valence-electron chi connectivity index (χ3n) is 4.64. The van der Waals surface area contributed by atoms with Gasteiger partial charge in [0.25, 0.3) is 0 Å². The normalized spacial score (nSPS) is 14.8. The van der Waals surface area contributed by atoms with Gasteiger partial charge in [0.05, 0.1) is 13.2 Å². The van der Waals surface area contributed by atoms with Gasteiger partial charge < -0.3 is 14.8 Å². The molecule has 1 fully saturated rings. The van der Waals surface area contributed by atoms with Gasteiger partial charge in [0.1, 0.15) is 13.2 Å². The van der Waals surface area contributed by atoms with E-state index in [0.29, 0.717) is 6.61 Å². The predicted octanol–water partition coefficient (Wildman–Crippen LogP) is 4.04. The number of halogens is 1. The van der Waals surface area contributed by atoms with E-state index in [4.69, 9.17) is 9.47 Å². The maximum absolute atomic E-state index is 5.96. The van der Waals surface area contributed by atoms with Gasteiger partial charge in [-0.15, -0.1) is 0 Å². The van der Waals surface area contributed by atoms with Crippen molar-refractivity contribution in [2.75, 3.05) is 7.11 Å². The number of nitrogens with two attached hydrogens (primary N) is 1. The summed E-state index contributed by atoms with van der Waals surface area (Å²) in [5, 5.41) is 2.46. The first-order valence-corrected chi connectivity index (χ1v) is 9.42. The summed E-state index contributed by atoms with van der Waals surface area (Å²) in [4.78, 5) is 0. The van der Waals surface area contributed by atoms with Gasteiger partial charge in [0.2, 0.25) is 0 Å². The summed E-state index contributed by atoms with van der Waals surface area (Å²) >= 11 is 3.69. The molecule has 0 aromatic heterocycles. The zero-order valence-electron chi connectivity index (χ0n) is 14.1. The molecule has 0 saturated heterocycles. The van der Waals surface area contributed by atoms with Gasteiger partial charge >= 0.3 is 0 Å². The molecule has 24 heavy (non-hydrogen) atoms. The van der Waals surface area contributed by atoms with Crippen LogP contribution in [0.15, 0.2) is 46.9 Å². The highest BCUT2D eigenvalue weighted by atomic mass is 79.9. The Labute approximate surface area is 152 Å². The maximum Gasteiger partial charge on any atom is 0.162 e. The van der Waals surface area contributed by atoms with Crippen LogP contribution in [-0.4, -0.2) is 13.2 Å². The lowest BCUT2D eigenvalue weighted by atomic mass is 10.1. The van der Waals surface area contributed by atoms with Crippen LogP contribution in [0.2, 0.25) is 0 Å². The Morgan fingerprint density at radius 1 is 1.08 bits per heavy atom. The summed E-state index contributed by atoms with van der Waals surface area (Å²) in [6.45, 7) is 1.51. The van der Waals surface area contributed by atoms with Crippen molar-refractivity contribution in [1.82, 2.24) is 0 Å². The Hall–Kier alpha value is -1.52. The summed E-state index contributed by atoms with van der Waals surface area (Å²) in [6, 6.07) is 15.1. The molecule has 0 unspecified atom stereocenters. The average molecular weight is 391 g/mol. The number of hydrogen-bond acceptors (Lipinski definition) is 2. The Morgan fingerprint density at radius 3 is 2.54 bits per heavy atom. The van der Waals surface area contributed by atoms with Gasteiger partial charge in [-0.25, -0.2) is 0 Å². The highest BCUT2D eigenvalue weighted by Gasteiger charge is 2.19. The molecular formula is C20H25BrNO2+. The third kappa shape index (κ3) is 4.52. The number of hydrogen-bond donors (Lipinski definition) is 1. The molecule has 0 radical (unpaired) electrons. The smallest absolute Gasteiger partial charge is 0.162 e. The lowest BCUT2D eigenvalue weighted by Crippen LogP contribution is -2.87. The van der Waals surface area contributed by atoms with Crippen LogP contribution in [-0.2, 0) is 13.2 Å². The van der Waals surface area contributed by atoms with E-state index in [9.17, 15) is 0 Å². The van der Waals surface area contributed by atoms with E-state index in [1.54, 1.807) is 7.11 Å². The molecule has 0 amide bonds. The maximum atomic E-state index is 5.96. The SMILES string of the molecule is COc1cc(C[NH2+]C2CCCC2)c(Br)cc1OCc1ccccc1. The summed E-state index contributed by atoms with van der Waals surface area (Å²) in [5.41, 5.74) is 2.40. The first-order chi connectivity index (χ1) is 11.8. The number of methoxy groups -OCH3 is 1. The van der Waals surface area contributed by atoms with Crippen molar-refractivity contribution in [2.45, 2.75) is 44.9 Å². The number of rotatable bonds is 7. The number of benzene rings is 2. The Balaban J connectivity index is 1.67. The fraction of sp³-hybridized carbons (Fsp3) is 0.400. The molecule has 2 aromatic rings. The van der Waals surface area contributed by atoms with Crippen molar-refractivity contribution >= 4 is 15.9 Å². The Kier molecular flexibility index (Phi) is 6.16. The number of ether oxygens (including phenoxy) is 2. The fourth-order valence-electron chi connectivity index (χ4n) is 3.23. The van der Waals surface area contributed by atoms with Crippen LogP contribution in [0.25, 0.3) is 0 Å². The van der Waals surface area contributed by atoms with Crippen molar-refractivity contribution < 1.29 is 14.8 Å². The largest absolute Gasteiger partial charge is 0.493 e. The van der Waals surface area contributed by atoms with E-state index in [1.807, 2.05) is 24.3 Å². The van der Waals surface area contributed by atoms with Crippen LogP contribution in [0.5, 0.6) is 11.5 Å². The molecule has 1 aliphatic rings. The van der Waals surface area contributed by atoms with Crippen molar-refractivity contribution in [1.29, 1.82) is 0 Å². The molecule has 0 aliphatic heterocycles. The van der Waals surface area contributed by atoms with Crippen LogP contribution in [0.4, 0.5) is 0 Å². The van der Waals surface area contributed by atoms with Gasteiger partial charge in [-0.1, -0.05) is 46.3 Å². The molecule has 0 bridgehead atoms. The Morgan fingerprint density at radius 2 is 1.83 bits per heavy atom. The van der Waals surface area contributed by atoms with Crippen LogP contribution in [0.1, 0.15) is 36.8 Å². The second kappa shape index (κ2) is 8.54. The summed E-state index contributed by atoms with van der Waals surface area (Å²) in [6.07, 6.45) is 5.43. The van der Waals surface area contributed by atoms with Gasteiger partial charge in [-0.05, 0) is 43.4 Å². The highest BCUT2D eigenvalue weighted by Crippen LogP contribution is 2.34. The molecule has 3 nitrogen and oxygen atoms in total. The second-order valence-electron chi connectivity index (χ2n) is 6.35. The van der Waals surface area contributed by atoms with Crippen molar-refractivity contribution in [3.05, 3.63) is 58.1 Å². The molecular weight excluding hydrogens is 366 g/mol. The van der Waals surface area contributed by atoms with Gasteiger partial charge in [0, 0.05) is 10.0 Å². The molecule has 1 saturated carbocycles. The predicted molar refractivity (Wildman–Crippen MR) is 99.4 cm³/mol. The minimum absolute atomic E-state index is 0.539. The lowest BCUT2D eigenvalue weighted by molar-refractivity contribution is -0.703. The molecule has 0 atom stereocenters. The summed E-state index contributed by atoms with van der Waals surface area (Å²) in [7, 11) is 1.70. The van der Waals surface area contributed by atoms with Crippen molar-refractivity contribution in [3.63, 3.8) is 0 Å². The number of quaternary nitrogens is 1. The van der Waals surface area contributed by atoms with Gasteiger partial charge in [0.15, 0.2) is 11.5 Å². The average Bonchev–Trinajstić information content (AvgIpc) is 3.13. The van der Waals surface area contributed by atoms with Crippen molar-refractivity contribution in [3.8, 4) is 11.5 Å². The first-order valence-electron chi connectivity index (χ1n) is 8.62. The van der Waals surface area contributed by atoms with Crippen LogP contribution < -0.4 is 14.8 Å².